The Kier molecular flexibility index (Phi) is 3.27. The Labute approximate surface area is 117 Å². The molecule has 1 fully saturated rings. The second kappa shape index (κ2) is 4.95. The number of aromatic nitrogens is 3. The molecule has 2 aromatic rings. The molecule has 3 rings (SSSR count). The minimum atomic E-state index is -3.57. The standard InChI is InChI=1S/C12H17N5O2S/c1-17-8-12(4-11(17)7-13-9-2-3-9)20(18,19)16-10-5-14-15-6-10/h4-6,8-9,13,16H,2-3,7H2,1H3,(H,14,15). The average Bonchev–Trinajstić information content (AvgIpc) is 2.94. The molecule has 0 atom stereocenters. The normalized spacial score (nSPS) is 15.4. The molecule has 1 saturated carbocycles. The number of hydrogen-bond donors (Lipinski definition) is 3. The van der Waals surface area contributed by atoms with Crippen molar-refractivity contribution in [2.45, 2.75) is 30.3 Å². The maximum Gasteiger partial charge on any atom is 0.263 e. The van der Waals surface area contributed by atoms with Gasteiger partial charge >= 0.3 is 0 Å². The molecule has 7 nitrogen and oxygen atoms in total. The van der Waals surface area contributed by atoms with Gasteiger partial charge in [0.1, 0.15) is 4.90 Å². The summed E-state index contributed by atoms with van der Waals surface area (Å²) >= 11 is 0. The summed E-state index contributed by atoms with van der Waals surface area (Å²) in [5, 5.41) is 9.65. The Balaban J connectivity index is 1.76. The number of nitrogens with zero attached hydrogens (tertiary/aromatic N) is 2. The molecule has 0 radical (unpaired) electrons. The van der Waals surface area contributed by atoms with E-state index >= 15 is 0 Å². The van der Waals surface area contributed by atoms with Crippen LogP contribution in [0.15, 0.2) is 29.6 Å². The van der Waals surface area contributed by atoms with Gasteiger partial charge in [0.25, 0.3) is 10.0 Å². The highest BCUT2D eigenvalue weighted by Gasteiger charge is 2.22. The van der Waals surface area contributed by atoms with Gasteiger partial charge in [0.15, 0.2) is 0 Å². The van der Waals surface area contributed by atoms with E-state index in [4.69, 9.17) is 0 Å². The monoisotopic (exact) mass is 295 g/mol. The number of sulfonamides is 1. The van der Waals surface area contributed by atoms with Crippen molar-refractivity contribution in [2.24, 2.45) is 7.05 Å². The predicted molar refractivity (Wildman–Crippen MR) is 74.7 cm³/mol. The van der Waals surface area contributed by atoms with Crippen LogP contribution in [0, 0.1) is 0 Å². The van der Waals surface area contributed by atoms with Crippen molar-refractivity contribution >= 4 is 15.7 Å². The van der Waals surface area contributed by atoms with Crippen molar-refractivity contribution in [3.8, 4) is 0 Å². The number of anilines is 1. The van der Waals surface area contributed by atoms with E-state index in [1.54, 1.807) is 12.3 Å². The molecular weight excluding hydrogens is 278 g/mol. The lowest BCUT2D eigenvalue weighted by atomic mass is 10.4. The smallest absolute Gasteiger partial charge is 0.263 e. The summed E-state index contributed by atoms with van der Waals surface area (Å²) in [7, 11) is -1.72. The van der Waals surface area contributed by atoms with Crippen molar-refractivity contribution in [3.63, 3.8) is 0 Å². The minimum Gasteiger partial charge on any atom is -0.352 e. The molecule has 0 amide bonds. The van der Waals surface area contributed by atoms with Crippen LogP contribution in [0.25, 0.3) is 0 Å². The molecule has 1 aliphatic carbocycles. The first-order valence-corrected chi connectivity index (χ1v) is 7.93. The highest BCUT2D eigenvalue weighted by molar-refractivity contribution is 7.92. The van der Waals surface area contributed by atoms with E-state index in [-0.39, 0.29) is 4.90 Å². The first-order valence-electron chi connectivity index (χ1n) is 6.45. The molecule has 8 heteroatoms. The maximum absolute atomic E-state index is 12.2. The second-order valence-electron chi connectivity index (χ2n) is 5.03. The number of nitrogens with one attached hydrogen (secondary N) is 3. The lowest BCUT2D eigenvalue weighted by Crippen LogP contribution is -2.17. The fourth-order valence-electron chi connectivity index (χ4n) is 1.96. The van der Waals surface area contributed by atoms with Gasteiger partial charge in [-0.05, 0) is 18.9 Å². The number of H-pyrrole nitrogens is 1. The summed E-state index contributed by atoms with van der Waals surface area (Å²) < 4.78 is 28.8. The molecule has 0 saturated heterocycles. The van der Waals surface area contributed by atoms with Crippen LogP contribution in [-0.4, -0.2) is 29.2 Å². The second-order valence-corrected chi connectivity index (χ2v) is 6.71. The fourth-order valence-corrected chi connectivity index (χ4v) is 3.08. The van der Waals surface area contributed by atoms with E-state index in [1.165, 1.54) is 25.2 Å². The minimum absolute atomic E-state index is 0.258. The Bertz CT molecular complexity index is 686. The summed E-state index contributed by atoms with van der Waals surface area (Å²) in [5.41, 5.74) is 1.37. The van der Waals surface area contributed by atoms with Gasteiger partial charge in [-0.25, -0.2) is 8.42 Å². The first kappa shape index (κ1) is 13.2. The van der Waals surface area contributed by atoms with Crippen molar-refractivity contribution in [2.75, 3.05) is 4.72 Å². The molecule has 2 aromatic heterocycles. The highest BCUT2D eigenvalue weighted by Crippen LogP contribution is 2.21. The third-order valence-electron chi connectivity index (χ3n) is 3.29. The molecule has 20 heavy (non-hydrogen) atoms. The van der Waals surface area contributed by atoms with Gasteiger partial charge in [0, 0.05) is 37.7 Å². The summed E-state index contributed by atoms with van der Waals surface area (Å²) in [6, 6.07) is 2.28. The van der Waals surface area contributed by atoms with Crippen molar-refractivity contribution in [1.29, 1.82) is 0 Å². The van der Waals surface area contributed by atoms with Crippen LogP contribution in [0.1, 0.15) is 18.5 Å². The van der Waals surface area contributed by atoms with Gasteiger partial charge in [0.05, 0.1) is 11.9 Å². The molecule has 1 aliphatic rings. The van der Waals surface area contributed by atoms with Gasteiger partial charge in [-0.2, -0.15) is 5.10 Å². The predicted octanol–water partition coefficient (Wildman–Crippen LogP) is 0.801. The third-order valence-corrected chi connectivity index (χ3v) is 4.64. The van der Waals surface area contributed by atoms with E-state index in [2.05, 4.69) is 20.2 Å². The number of hydrogen-bond acceptors (Lipinski definition) is 4. The van der Waals surface area contributed by atoms with Gasteiger partial charge < -0.3 is 9.88 Å². The molecule has 2 heterocycles. The molecule has 0 bridgehead atoms. The van der Waals surface area contributed by atoms with Crippen molar-refractivity contribution < 1.29 is 8.42 Å². The van der Waals surface area contributed by atoms with E-state index in [0.29, 0.717) is 18.3 Å². The number of aryl methyl sites for hydroxylation is 1. The largest absolute Gasteiger partial charge is 0.352 e. The molecule has 108 valence electrons. The van der Waals surface area contributed by atoms with Gasteiger partial charge in [-0.3, -0.25) is 9.82 Å². The average molecular weight is 295 g/mol. The van der Waals surface area contributed by atoms with Crippen molar-refractivity contribution in [1.82, 2.24) is 20.1 Å². The summed E-state index contributed by atoms with van der Waals surface area (Å²) in [6.07, 6.45) is 6.95. The quantitative estimate of drug-likeness (QED) is 0.735. The van der Waals surface area contributed by atoms with Crippen LogP contribution >= 0.6 is 0 Å². The van der Waals surface area contributed by atoms with Crippen molar-refractivity contribution in [3.05, 3.63) is 30.4 Å². The number of rotatable bonds is 6. The zero-order chi connectivity index (χ0) is 14.2. The molecule has 3 N–H and O–H groups in total. The SMILES string of the molecule is Cn1cc(S(=O)(=O)Nc2cn[nH]c2)cc1CNC1CC1. The van der Waals surface area contributed by atoms with Gasteiger partial charge in [0.2, 0.25) is 0 Å². The van der Waals surface area contributed by atoms with E-state index in [0.717, 1.165) is 5.69 Å². The van der Waals surface area contributed by atoms with Crippen LogP contribution in [-0.2, 0) is 23.6 Å². The first-order chi connectivity index (χ1) is 9.54. The topological polar surface area (TPSA) is 91.8 Å². The lowest BCUT2D eigenvalue weighted by molar-refractivity contribution is 0.601. The van der Waals surface area contributed by atoms with Crippen LogP contribution in [0.5, 0.6) is 0 Å². The highest BCUT2D eigenvalue weighted by atomic mass is 32.2. The zero-order valence-corrected chi connectivity index (χ0v) is 11.9. The zero-order valence-electron chi connectivity index (χ0n) is 11.1. The Hall–Kier alpha value is -1.80. The Morgan fingerprint density at radius 1 is 1.50 bits per heavy atom. The third kappa shape index (κ3) is 2.86. The maximum atomic E-state index is 12.2. The Morgan fingerprint density at radius 3 is 2.95 bits per heavy atom. The fraction of sp³-hybridized carbons (Fsp3) is 0.417. The Morgan fingerprint density at radius 2 is 2.30 bits per heavy atom. The van der Waals surface area contributed by atoms with Gasteiger partial charge in [-0.15, -0.1) is 0 Å². The van der Waals surface area contributed by atoms with E-state index in [9.17, 15) is 8.42 Å². The molecule has 0 unspecified atom stereocenters. The lowest BCUT2D eigenvalue weighted by Gasteiger charge is -2.03. The molecular formula is C12H17N5O2S. The molecule has 0 aliphatic heterocycles. The van der Waals surface area contributed by atoms with Gasteiger partial charge in [-0.1, -0.05) is 0 Å². The number of aromatic amines is 1. The van der Waals surface area contributed by atoms with Crippen LogP contribution < -0.4 is 10.0 Å². The summed E-state index contributed by atoms with van der Waals surface area (Å²) in [4.78, 5) is 0.258. The van der Waals surface area contributed by atoms with Crippen LogP contribution in [0.3, 0.4) is 0 Å². The van der Waals surface area contributed by atoms with Crippen LogP contribution in [0.2, 0.25) is 0 Å². The molecule has 0 aromatic carbocycles. The summed E-state index contributed by atoms with van der Waals surface area (Å²) in [5.74, 6) is 0. The molecule has 0 spiro atoms. The van der Waals surface area contributed by atoms with Crippen LogP contribution in [0.4, 0.5) is 5.69 Å². The van der Waals surface area contributed by atoms with E-state index < -0.39 is 10.0 Å². The summed E-state index contributed by atoms with van der Waals surface area (Å²) in [6.45, 7) is 0.683. The van der Waals surface area contributed by atoms with E-state index in [1.807, 2.05) is 11.6 Å².